The van der Waals surface area contributed by atoms with Gasteiger partial charge in [0, 0.05) is 9.13 Å². The van der Waals surface area contributed by atoms with Crippen molar-refractivity contribution in [2.45, 2.75) is 0 Å². The summed E-state index contributed by atoms with van der Waals surface area (Å²) in [6.07, 6.45) is 1.70. The van der Waals surface area contributed by atoms with E-state index in [0.717, 1.165) is 14.7 Å². The molecule has 2 aromatic carbocycles. The summed E-state index contributed by atoms with van der Waals surface area (Å²) in [6.45, 7) is 0. The molecule has 3 nitrogen and oxygen atoms in total. The molecule has 0 aliphatic carbocycles. The van der Waals surface area contributed by atoms with Gasteiger partial charge in [-0.25, -0.2) is 4.98 Å². The molecule has 0 saturated carbocycles. The first-order valence-electron chi connectivity index (χ1n) is 5.74. The van der Waals surface area contributed by atoms with E-state index in [9.17, 15) is 5.11 Å². The molecule has 1 heterocycles. The lowest BCUT2D eigenvalue weighted by atomic mass is 10.2. The van der Waals surface area contributed by atoms with Crippen molar-refractivity contribution in [2.24, 2.45) is 0 Å². The van der Waals surface area contributed by atoms with E-state index < -0.39 is 0 Å². The summed E-state index contributed by atoms with van der Waals surface area (Å²) in [4.78, 5) is 4.31. The van der Waals surface area contributed by atoms with Gasteiger partial charge in [-0.05, 0) is 59.0 Å². The van der Waals surface area contributed by atoms with Crippen molar-refractivity contribution in [3.05, 3.63) is 58.3 Å². The van der Waals surface area contributed by atoms with Gasteiger partial charge in [-0.1, -0.05) is 12.1 Å². The van der Waals surface area contributed by atoms with E-state index in [0.29, 0.717) is 11.7 Å². The first-order valence-corrected chi connectivity index (χ1v) is 6.82. The maximum absolute atomic E-state index is 9.28. The molecular weight excluding hydrogens is 353 g/mol. The Hall–Kier alpha value is -1.82. The average molecular weight is 363 g/mol. The third kappa shape index (κ3) is 2.49. The molecule has 1 aromatic heterocycles. The number of hydrogen-bond donors (Lipinski definition) is 1. The van der Waals surface area contributed by atoms with Gasteiger partial charge in [-0.2, -0.15) is 0 Å². The highest BCUT2D eigenvalue weighted by atomic mass is 127. The van der Waals surface area contributed by atoms with Gasteiger partial charge in [0.2, 0.25) is 5.89 Å². The second-order valence-corrected chi connectivity index (χ2v) is 5.22. The second kappa shape index (κ2) is 5.05. The van der Waals surface area contributed by atoms with Crippen LogP contribution in [0.1, 0.15) is 0 Å². The minimum atomic E-state index is 0.237. The van der Waals surface area contributed by atoms with Crippen LogP contribution in [0.5, 0.6) is 5.75 Å². The summed E-state index contributed by atoms with van der Waals surface area (Å²) in [7, 11) is 0. The smallest absolute Gasteiger partial charge is 0.227 e. The molecule has 19 heavy (non-hydrogen) atoms. The number of aromatic nitrogens is 1. The summed E-state index contributed by atoms with van der Waals surface area (Å²) in [5.41, 5.74) is 1.87. The van der Waals surface area contributed by atoms with Crippen molar-refractivity contribution in [3.8, 4) is 28.5 Å². The zero-order chi connectivity index (χ0) is 13.2. The number of halogens is 1. The quantitative estimate of drug-likeness (QED) is 0.690. The predicted octanol–water partition coefficient (Wildman–Crippen LogP) is 4.32. The van der Waals surface area contributed by atoms with E-state index in [4.69, 9.17) is 4.42 Å². The van der Waals surface area contributed by atoms with Crippen LogP contribution < -0.4 is 0 Å². The van der Waals surface area contributed by atoms with Crippen LogP contribution >= 0.6 is 22.6 Å². The molecule has 0 aliphatic heterocycles. The standard InChI is InChI=1S/C15H10INO2/c16-13-4-2-1-3-12(13)15-17-9-14(19-15)10-5-7-11(18)8-6-10/h1-9,18H. The largest absolute Gasteiger partial charge is 0.508 e. The maximum Gasteiger partial charge on any atom is 0.227 e. The van der Waals surface area contributed by atoms with Crippen LogP contribution in [0.4, 0.5) is 0 Å². The van der Waals surface area contributed by atoms with E-state index in [-0.39, 0.29) is 5.75 Å². The van der Waals surface area contributed by atoms with Crippen LogP contribution in [0, 0.1) is 3.57 Å². The Kier molecular flexibility index (Phi) is 3.25. The van der Waals surface area contributed by atoms with Gasteiger partial charge >= 0.3 is 0 Å². The molecule has 1 N–H and O–H groups in total. The minimum absolute atomic E-state index is 0.237. The fourth-order valence-electron chi connectivity index (χ4n) is 1.79. The molecule has 0 unspecified atom stereocenters. The number of hydrogen-bond acceptors (Lipinski definition) is 3. The summed E-state index contributed by atoms with van der Waals surface area (Å²) < 4.78 is 6.88. The normalized spacial score (nSPS) is 10.6. The van der Waals surface area contributed by atoms with Crippen molar-refractivity contribution in [1.82, 2.24) is 4.98 Å². The van der Waals surface area contributed by atoms with Crippen molar-refractivity contribution in [2.75, 3.05) is 0 Å². The Labute approximate surface area is 124 Å². The molecule has 0 amide bonds. The molecule has 0 bridgehead atoms. The molecule has 0 spiro atoms. The fraction of sp³-hybridized carbons (Fsp3) is 0. The number of oxazole rings is 1. The van der Waals surface area contributed by atoms with E-state index in [1.165, 1.54) is 0 Å². The van der Waals surface area contributed by atoms with Crippen LogP contribution in [-0.4, -0.2) is 10.1 Å². The number of nitrogens with zero attached hydrogens (tertiary/aromatic N) is 1. The number of benzene rings is 2. The van der Waals surface area contributed by atoms with E-state index in [1.54, 1.807) is 30.5 Å². The molecule has 0 atom stereocenters. The Bertz CT molecular complexity index is 704. The van der Waals surface area contributed by atoms with Crippen LogP contribution in [-0.2, 0) is 0 Å². The van der Waals surface area contributed by atoms with Crippen LogP contribution in [0.3, 0.4) is 0 Å². The zero-order valence-corrected chi connectivity index (χ0v) is 12.0. The minimum Gasteiger partial charge on any atom is -0.508 e. The zero-order valence-electron chi connectivity index (χ0n) is 9.88. The fourth-order valence-corrected chi connectivity index (χ4v) is 2.41. The molecular formula is C15H10INO2. The first-order chi connectivity index (χ1) is 9.24. The number of aromatic hydroxyl groups is 1. The highest BCUT2D eigenvalue weighted by Gasteiger charge is 2.10. The molecule has 0 radical (unpaired) electrons. The molecule has 94 valence electrons. The lowest BCUT2D eigenvalue weighted by molar-refractivity contribution is 0.475. The van der Waals surface area contributed by atoms with E-state index in [2.05, 4.69) is 27.6 Å². The van der Waals surface area contributed by atoms with Crippen molar-refractivity contribution < 1.29 is 9.52 Å². The Morgan fingerprint density at radius 2 is 1.74 bits per heavy atom. The molecule has 4 heteroatoms. The van der Waals surface area contributed by atoms with Crippen LogP contribution in [0.15, 0.2) is 59.1 Å². The highest BCUT2D eigenvalue weighted by molar-refractivity contribution is 14.1. The van der Waals surface area contributed by atoms with E-state index in [1.807, 2.05) is 24.3 Å². The van der Waals surface area contributed by atoms with Gasteiger partial charge < -0.3 is 9.52 Å². The lowest BCUT2D eigenvalue weighted by Gasteiger charge is -1.99. The maximum atomic E-state index is 9.28. The summed E-state index contributed by atoms with van der Waals surface area (Å²) in [5.74, 6) is 1.53. The van der Waals surface area contributed by atoms with Crippen LogP contribution in [0.25, 0.3) is 22.8 Å². The van der Waals surface area contributed by atoms with Crippen molar-refractivity contribution in [3.63, 3.8) is 0 Å². The number of phenols is 1. The third-order valence-corrected chi connectivity index (χ3v) is 3.70. The van der Waals surface area contributed by atoms with Crippen molar-refractivity contribution >= 4 is 22.6 Å². The van der Waals surface area contributed by atoms with Gasteiger partial charge in [0.15, 0.2) is 5.76 Å². The average Bonchev–Trinajstić information content (AvgIpc) is 2.89. The molecule has 3 aromatic rings. The van der Waals surface area contributed by atoms with Gasteiger partial charge in [-0.15, -0.1) is 0 Å². The third-order valence-electron chi connectivity index (χ3n) is 2.76. The van der Waals surface area contributed by atoms with Crippen LogP contribution in [0.2, 0.25) is 0 Å². The van der Waals surface area contributed by atoms with Crippen molar-refractivity contribution in [1.29, 1.82) is 0 Å². The molecule has 0 aliphatic rings. The molecule has 3 rings (SSSR count). The Morgan fingerprint density at radius 3 is 2.47 bits per heavy atom. The second-order valence-electron chi connectivity index (χ2n) is 4.06. The lowest BCUT2D eigenvalue weighted by Crippen LogP contribution is -1.80. The summed E-state index contributed by atoms with van der Waals surface area (Å²) >= 11 is 2.26. The predicted molar refractivity (Wildman–Crippen MR) is 81.8 cm³/mol. The molecule has 0 fully saturated rings. The highest BCUT2D eigenvalue weighted by Crippen LogP contribution is 2.29. The summed E-state index contributed by atoms with van der Waals surface area (Å²) in [5, 5.41) is 9.28. The Morgan fingerprint density at radius 1 is 1.00 bits per heavy atom. The number of phenolic OH excluding ortho intramolecular Hbond substituents is 1. The SMILES string of the molecule is Oc1ccc(-c2cnc(-c3ccccc3I)o2)cc1. The monoisotopic (exact) mass is 363 g/mol. The Balaban J connectivity index is 2.00. The first kappa shape index (κ1) is 12.2. The number of rotatable bonds is 2. The molecule has 0 saturated heterocycles. The van der Waals surface area contributed by atoms with Gasteiger partial charge in [0.1, 0.15) is 5.75 Å². The van der Waals surface area contributed by atoms with Gasteiger partial charge in [0.25, 0.3) is 0 Å². The van der Waals surface area contributed by atoms with E-state index >= 15 is 0 Å². The summed E-state index contributed by atoms with van der Waals surface area (Å²) in [6, 6.07) is 14.8. The topological polar surface area (TPSA) is 46.3 Å². The van der Waals surface area contributed by atoms with Gasteiger partial charge in [0.05, 0.1) is 11.8 Å². The van der Waals surface area contributed by atoms with Gasteiger partial charge in [-0.3, -0.25) is 0 Å².